The smallest absolute Gasteiger partial charge is 0.350 e. The van der Waals surface area contributed by atoms with Crippen molar-refractivity contribution >= 4 is 28.3 Å². The topological polar surface area (TPSA) is 85.2 Å². The number of hydrogen-bond acceptors (Lipinski definition) is 5. The van der Waals surface area contributed by atoms with Gasteiger partial charge in [0.25, 0.3) is 0 Å². The third kappa shape index (κ3) is 4.15. The molecule has 1 aliphatic carbocycles. The van der Waals surface area contributed by atoms with Gasteiger partial charge in [-0.15, -0.1) is 0 Å². The zero-order chi connectivity index (χ0) is 21.1. The maximum absolute atomic E-state index is 12.8. The molecule has 30 heavy (non-hydrogen) atoms. The van der Waals surface area contributed by atoms with Crippen molar-refractivity contribution in [2.45, 2.75) is 45.2 Å². The van der Waals surface area contributed by atoms with Crippen LogP contribution in [0.5, 0.6) is 5.75 Å². The van der Waals surface area contributed by atoms with Crippen molar-refractivity contribution in [3.05, 3.63) is 58.5 Å². The summed E-state index contributed by atoms with van der Waals surface area (Å²) in [4.78, 5) is 29.8. The zero-order valence-corrected chi connectivity index (χ0v) is 17.3. The van der Waals surface area contributed by atoms with Gasteiger partial charge in [0, 0.05) is 11.4 Å². The standard InChI is InChI=1S/C23H26N4O3/c1-15-11-12-20(30-2)18(13-15)25-21(28)14-27-19-10-6-5-9-17(19)22(26-23(27)29)24-16-7-3-4-8-16/h5-6,9-13,16H,3-4,7-8,14H2,1-2H3,(H,25,28)(H,24,26,29). The summed E-state index contributed by atoms with van der Waals surface area (Å²) in [6.07, 6.45) is 4.55. The second-order valence-electron chi connectivity index (χ2n) is 7.72. The predicted octanol–water partition coefficient (Wildman–Crippen LogP) is 3.71. The number of hydrogen-bond donors (Lipinski definition) is 2. The number of benzene rings is 2. The van der Waals surface area contributed by atoms with Gasteiger partial charge in [-0.25, -0.2) is 4.79 Å². The van der Waals surface area contributed by atoms with Gasteiger partial charge in [0.05, 0.1) is 18.3 Å². The largest absolute Gasteiger partial charge is 0.495 e. The highest BCUT2D eigenvalue weighted by Gasteiger charge is 2.19. The molecule has 0 aliphatic heterocycles. The molecule has 0 saturated heterocycles. The van der Waals surface area contributed by atoms with Gasteiger partial charge in [0.2, 0.25) is 5.91 Å². The summed E-state index contributed by atoms with van der Waals surface area (Å²) < 4.78 is 6.73. The van der Waals surface area contributed by atoms with Crippen LogP contribution in [0.25, 0.3) is 10.9 Å². The van der Waals surface area contributed by atoms with Crippen LogP contribution in [0, 0.1) is 6.92 Å². The SMILES string of the molecule is COc1ccc(C)cc1NC(=O)Cn1c(=O)nc(NC2CCCC2)c2ccccc21. The Morgan fingerprint density at radius 1 is 1.20 bits per heavy atom. The molecule has 3 aromatic rings. The molecule has 156 valence electrons. The highest BCUT2D eigenvalue weighted by atomic mass is 16.5. The summed E-state index contributed by atoms with van der Waals surface area (Å²) in [5.41, 5.74) is 1.81. The molecule has 0 atom stereocenters. The molecule has 4 rings (SSSR count). The van der Waals surface area contributed by atoms with Crippen LogP contribution in [-0.2, 0) is 11.3 Å². The second kappa shape index (κ2) is 8.57. The van der Waals surface area contributed by atoms with Crippen molar-refractivity contribution < 1.29 is 9.53 Å². The van der Waals surface area contributed by atoms with E-state index in [9.17, 15) is 9.59 Å². The number of nitrogens with zero attached hydrogens (tertiary/aromatic N) is 2. The first kappa shape index (κ1) is 19.9. The minimum Gasteiger partial charge on any atom is -0.495 e. The van der Waals surface area contributed by atoms with Crippen LogP contribution in [0.4, 0.5) is 11.5 Å². The van der Waals surface area contributed by atoms with Crippen LogP contribution in [0.15, 0.2) is 47.3 Å². The molecule has 7 nitrogen and oxygen atoms in total. The first-order valence-corrected chi connectivity index (χ1v) is 10.3. The first-order valence-electron chi connectivity index (χ1n) is 10.3. The van der Waals surface area contributed by atoms with Crippen LogP contribution in [0.1, 0.15) is 31.2 Å². The van der Waals surface area contributed by atoms with E-state index in [1.165, 1.54) is 17.4 Å². The zero-order valence-electron chi connectivity index (χ0n) is 17.3. The molecule has 1 fully saturated rings. The fourth-order valence-corrected chi connectivity index (χ4v) is 4.01. The Hall–Kier alpha value is -3.35. The van der Waals surface area contributed by atoms with Crippen LogP contribution in [0.3, 0.4) is 0 Å². The van der Waals surface area contributed by atoms with E-state index >= 15 is 0 Å². The lowest BCUT2D eigenvalue weighted by Crippen LogP contribution is -2.31. The molecule has 1 aromatic heterocycles. The van der Waals surface area contributed by atoms with Crippen molar-refractivity contribution in [3.63, 3.8) is 0 Å². The van der Waals surface area contributed by atoms with Crippen molar-refractivity contribution in [2.24, 2.45) is 0 Å². The van der Waals surface area contributed by atoms with Gasteiger partial charge in [-0.1, -0.05) is 31.0 Å². The van der Waals surface area contributed by atoms with E-state index in [-0.39, 0.29) is 12.5 Å². The number of anilines is 2. The first-order chi connectivity index (χ1) is 14.5. The maximum atomic E-state index is 12.8. The number of carbonyl (C=O) groups excluding carboxylic acids is 1. The van der Waals surface area contributed by atoms with Gasteiger partial charge in [0.15, 0.2) is 0 Å². The van der Waals surface area contributed by atoms with Crippen LogP contribution in [-0.4, -0.2) is 28.6 Å². The predicted molar refractivity (Wildman–Crippen MR) is 118 cm³/mol. The Kier molecular flexibility index (Phi) is 5.70. The van der Waals surface area contributed by atoms with Crippen molar-refractivity contribution in [1.82, 2.24) is 9.55 Å². The minimum absolute atomic E-state index is 0.132. The lowest BCUT2D eigenvalue weighted by molar-refractivity contribution is -0.116. The number of rotatable bonds is 6. The summed E-state index contributed by atoms with van der Waals surface area (Å²) in [6.45, 7) is 1.81. The number of amides is 1. The number of para-hydroxylation sites is 1. The fourth-order valence-electron chi connectivity index (χ4n) is 4.01. The molecule has 1 aliphatic rings. The van der Waals surface area contributed by atoms with Crippen molar-refractivity contribution in [3.8, 4) is 5.75 Å². The summed E-state index contributed by atoms with van der Waals surface area (Å²) in [6, 6.07) is 13.4. The minimum atomic E-state index is -0.444. The molecule has 0 unspecified atom stereocenters. The molecule has 1 amide bonds. The van der Waals surface area contributed by atoms with Gasteiger partial charge < -0.3 is 15.4 Å². The van der Waals surface area contributed by atoms with E-state index in [0.717, 1.165) is 23.8 Å². The van der Waals surface area contributed by atoms with E-state index in [0.29, 0.717) is 28.8 Å². The number of methoxy groups -OCH3 is 1. The molecular weight excluding hydrogens is 380 g/mol. The van der Waals surface area contributed by atoms with Gasteiger partial charge >= 0.3 is 5.69 Å². The fraction of sp³-hybridized carbons (Fsp3) is 0.348. The summed E-state index contributed by atoms with van der Waals surface area (Å²) in [7, 11) is 1.55. The average molecular weight is 406 g/mol. The molecule has 2 N–H and O–H groups in total. The van der Waals surface area contributed by atoms with Crippen LogP contribution in [0.2, 0.25) is 0 Å². The normalized spacial score (nSPS) is 14.1. The Labute approximate surface area is 175 Å². The average Bonchev–Trinajstić information content (AvgIpc) is 3.24. The number of ether oxygens (including phenoxy) is 1. The highest BCUT2D eigenvalue weighted by Crippen LogP contribution is 2.27. The second-order valence-corrected chi connectivity index (χ2v) is 7.72. The highest BCUT2D eigenvalue weighted by molar-refractivity contribution is 5.94. The Morgan fingerprint density at radius 2 is 1.97 bits per heavy atom. The van der Waals surface area contributed by atoms with E-state index in [1.54, 1.807) is 13.2 Å². The molecule has 0 spiro atoms. The Bertz CT molecular complexity index is 1130. The molecule has 0 radical (unpaired) electrons. The molecule has 7 heteroatoms. The van der Waals surface area contributed by atoms with Crippen molar-refractivity contribution in [1.29, 1.82) is 0 Å². The van der Waals surface area contributed by atoms with Gasteiger partial charge in [-0.2, -0.15) is 4.98 Å². The number of aromatic nitrogens is 2. The molecule has 0 bridgehead atoms. The van der Waals surface area contributed by atoms with E-state index < -0.39 is 5.69 Å². The van der Waals surface area contributed by atoms with Crippen LogP contribution >= 0.6 is 0 Å². The van der Waals surface area contributed by atoms with Crippen molar-refractivity contribution in [2.75, 3.05) is 17.7 Å². The Balaban J connectivity index is 1.63. The quantitative estimate of drug-likeness (QED) is 0.652. The number of carbonyl (C=O) groups is 1. The van der Waals surface area contributed by atoms with E-state index in [1.807, 2.05) is 43.3 Å². The maximum Gasteiger partial charge on any atom is 0.350 e. The third-order valence-corrected chi connectivity index (χ3v) is 5.52. The summed E-state index contributed by atoms with van der Waals surface area (Å²) in [5.74, 6) is 0.851. The van der Waals surface area contributed by atoms with Gasteiger partial charge in [-0.05, 0) is 49.6 Å². The summed E-state index contributed by atoms with van der Waals surface area (Å²) >= 11 is 0. The number of nitrogens with one attached hydrogen (secondary N) is 2. The molecule has 1 saturated carbocycles. The lowest BCUT2D eigenvalue weighted by atomic mass is 10.2. The Morgan fingerprint density at radius 3 is 2.73 bits per heavy atom. The molecular formula is C23H26N4O3. The molecule has 1 heterocycles. The van der Waals surface area contributed by atoms with Gasteiger partial charge in [0.1, 0.15) is 18.1 Å². The lowest BCUT2D eigenvalue weighted by Gasteiger charge is -2.17. The summed E-state index contributed by atoms with van der Waals surface area (Å²) in [5, 5.41) is 7.11. The van der Waals surface area contributed by atoms with Crippen LogP contribution < -0.4 is 21.1 Å². The third-order valence-electron chi connectivity index (χ3n) is 5.52. The number of aryl methyl sites for hydroxylation is 1. The number of fused-ring (bicyclic) bond motifs is 1. The van der Waals surface area contributed by atoms with Gasteiger partial charge in [-0.3, -0.25) is 9.36 Å². The monoisotopic (exact) mass is 406 g/mol. The van der Waals surface area contributed by atoms with E-state index in [2.05, 4.69) is 15.6 Å². The molecule has 2 aromatic carbocycles. The van der Waals surface area contributed by atoms with E-state index in [4.69, 9.17) is 4.74 Å².